The van der Waals surface area contributed by atoms with Crippen LogP contribution in [0.1, 0.15) is 13.3 Å². The number of rotatable bonds is 3. The van der Waals surface area contributed by atoms with Crippen molar-refractivity contribution < 1.29 is 4.79 Å². The largest absolute Gasteiger partial charge is 0.327 e. The molecule has 0 saturated heterocycles. The van der Waals surface area contributed by atoms with Gasteiger partial charge < -0.3 is 10.6 Å². The van der Waals surface area contributed by atoms with Crippen LogP contribution in [-0.2, 0) is 4.79 Å². The Balaban J connectivity index is 2.04. The molecular weight excluding hydrogens is 236 g/mol. The van der Waals surface area contributed by atoms with Gasteiger partial charge in [0.15, 0.2) is 0 Å². The third-order valence-corrected chi connectivity index (χ3v) is 3.80. The maximum Gasteiger partial charge on any atom is 0.231 e. The summed E-state index contributed by atoms with van der Waals surface area (Å²) in [6.45, 7) is 2.68. The molecule has 0 aliphatic heterocycles. The van der Waals surface area contributed by atoms with Gasteiger partial charge in [-0.15, -0.1) is 0 Å². The van der Waals surface area contributed by atoms with E-state index in [0.717, 1.165) is 22.9 Å². The van der Waals surface area contributed by atoms with E-state index >= 15 is 0 Å². The number of nitrogens with zero attached hydrogens (tertiary/aromatic N) is 1. The molecule has 1 saturated carbocycles. The Morgan fingerprint density at radius 2 is 1.95 bits per heavy atom. The lowest BCUT2D eigenvalue weighted by Crippen LogP contribution is -2.33. The summed E-state index contributed by atoms with van der Waals surface area (Å²) in [7, 11) is 0. The van der Waals surface area contributed by atoms with Crippen LogP contribution in [0.25, 0.3) is 10.8 Å². The zero-order valence-corrected chi connectivity index (χ0v) is 11.0. The molecule has 1 aliphatic carbocycles. The van der Waals surface area contributed by atoms with Crippen LogP contribution in [0, 0.1) is 5.92 Å². The molecule has 19 heavy (non-hydrogen) atoms. The van der Waals surface area contributed by atoms with Gasteiger partial charge in [0, 0.05) is 18.0 Å². The summed E-state index contributed by atoms with van der Waals surface area (Å²) in [5.41, 5.74) is 6.79. The molecule has 2 N–H and O–H groups in total. The molecule has 0 bridgehead atoms. The lowest BCUT2D eigenvalue weighted by atomic mass is 10.1. The standard InChI is InChI=1S/C16H18N2O/c1-2-18(16(19)13-10-14(13)17)15-9-5-7-11-6-3-4-8-12(11)15/h3-9,13-14H,2,10,17H2,1H3. The second-order valence-corrected chi connectivity index (χ2v) is 5.09. The van der Waals surface area contributed by atoms with Gasteiger partial charge in [0.1, 0.15) is 0 Å². The lowest BCUT2D eigenvalue weighted by molar-refractivity contribution is -0.119. The number of anilines is 1. The van der Waals surface area contributed by atoms with Crippen LogP contribution in [0.3, 0.4) is 0 Å². The second-order valence-electron chi connectivity index (χ2n) is 5.09. The molecule has 1 aliphatic rings. The highest BCUT2D eigenvalue weighted by Gasteiger charge is 2.42. The average Bonchev–Trinajstić information content (AvgIpc) is 3.17. The molecule has 2 aromatic carbocycles. The molecule has 3 rings (SSSR count). The number of amides is 1. The summed E-state index contributed by atoms with van der Waals surface area (Å²) < 4.78 is 0. The first-order valence-electron chi connectivity index (χ1n) is 6.77. The Hall–Kier alpha value is -1.87. The van der Waals surface area contributed by atoms with E-state index in [9.17, 15) is 4.79 Å². The summed E-state index contributed by atoms with van der Waals surface area (Å²) in [6, 6.07) is 14.3. The average molecular weight is 254 g/mol. The molecule has 2 aromatic rings. The van der Waals surface area contributed by atoms with Crippen molar-refractivity contribution in [2.24, 2.45) is 11.7 Å². The van der Waals surface area contributed by atoms with Gasteiger partial charge in [-0.05, 0) is 24.8 Å². The van der Waals surface area contributed by atoms with Gasteiger partial charge in [-0.1, -0.05) is 36.4 Å². The van der Waals surface area contributed by atoms with Crippen molar-refractivity contribution in [3.05, 3.63) is 42.5 Å². The smallest absolute Gasteiger partial charge is 0.231 e. The SMILES string of the molecule is CCN(C(=O)C1CC1N)c1cccc2ccccc12. The zero-order chi connectivity index (χ0) is 13.4. The molecular formula is C16H18N2O. The number of hydrogen-bond donors (Lipinski definition) is 1. The van der Waals surface area contributed by atoms with E-state index in [0.29, 0.717) is 6.54 Å². The molecule has 0 aromatic heterocycles. The normalized spacial score (nSPS) is 21.4. The molecule has 98 valence electrons. The van der Waals surface area contributed by atoms with Gasteiger partial charge in [0.25, 0.3) is 0 Å². The van der Waals surface area contributed by atoms with Crippen molar-refractivity contribution in [2.75, 3.05) is 11.4 Å². The lowest BCUT2D eigenvalue weighted by Gasteiger charge is -2.23. The monoisotopic (exact) mass is 254 g/mol. The zero-order valence-electron chi connectivity index (χ0n) is 11.0. The highest BCUT2D eigenvalue weighted by atomic mass is 16.2. The van der Waals surface area contributed by atoms with Crippen molar-refractivity contribution in [3.63, 3.8) is 0 Å². The van der Waals surface area contributed by atoms with Crippen LogP contribution in [0.4, 0.5) is 5.69 Å². The molecule has 2 unspecified atom stereocenters. The first kappa shape index (κ1) is 12.2. The summed E-state index contributed by atoms with van der Waals surface area (Å²) in [4.78, 5) is 14.3. The number of benzene rings is 2. The fourth-order valence-corrected chi connectivity index (χ4v) is 2.59. The van der Waals surface area contributed by atoms with Crippen LogP contribution in [-0.4, -0.2) is 18.5 Å². The summed E-state index contributed by atoms with van der Waals surface area (Å²) in [5, 5.41) is 2.28. The summed E-state index contributed by atoms with van der Waals surface area (Å²) in [5.74, 6) is 0.172. The Labute approximate surface area is 113 Å². The third kappa shape index (κ3) is 2.10. The van der Waals surface area contributed by atoms with E-state index in [1.807, 2.05) is 36.1 Å². The van der Waals surface area contributed by atoms with E-state index < -0.39 is 0 Å². The number of nitrogens with two attached hydrogens (primary N) is 1. The van der Waals surface area contributed by atoms with Gasteiger partial charge in [-0.2, -0.15) is 0 Å². The molecule has 1 fully saturated rings. The number of carbonyl (C=O) groups is 1. The highest BCUT2D eigenvalue weighted by Crippen LogP contribution is 2.34. The minimum atomic E-state index is 0.0129. The van der Waals surface area contributed by atoms with Crippen molar-refractivity contribution in [1.82, 2.24) is 0 Å². The summed E-state index contributed by atoms with van der Waals surface area (Å²) >= 11 is 0. The van der Waals surface area contributed by atoms with E-state index in [-0.39, 0.29) is 17.9 Å². The van der Waals surface area contributed by atoms with E-state index in [2.05, 4.69) is 18.2 Å². The van der Waals surface area contributed by atoms with E-state index in [1.165, 1.54) is 0 Å². The Kier molecular flexibility index (Phi) is 2.99. The van der Waals surface area contributed by atoms with Crippen molar-refractivity contribution >= 4 is 22.4 Å². The summed E-state index contributed by atoms with van der Waals surface area (Å²) in [6.07, 6.45) is 0.820. The van der Waals surface area contributed by atoms with Crippen LogP contribution >= 0.6 is 0 Å². The maximum absolute atomic E-state index is 12.4. The fraction of sp³-hybridized carbons (Fsp3) is 0.312. The van der Waals surface area contributed by atoms with E-state index in [1.54, 1.807) is 0 Å². The Morgan fingerprint density at radius 3 is 2.63 bits per heavy atom. The van der Waals surface area contributed by atoms with Crippen LogP contribution in [0.15, 0.2) is 42.5 Å². The van der Waals surface area contributed by atoms with Crippen molar-refractivity contribution in [3.8, 4) is 0 Å². The van der Waals surface area contributed by atoms with Gasteiger partial charge in [-0.3, -0.25) is 4.79 Å². The first-order valence-corrected chi connectivity index (χ1v) is 6.77. The van der Waals surface area contributed by atoms with Gasteiger partial charge in [0.05, 0.1) is 11.6 Å². The van der Waals surface area contributed by atoms with Crippen molar-refractivity contribution in [1.29, 1.82) is 0 Å². The van der Waals surface area contributed by atoms with Crippen LogP contribution in [0.2, 0.25) is 0 Å². The Morgan fingerprint density at radius 1 is 1.26 bits per heavy atom. The van der Waals surface area contributed by atoms with Crippen LogP contribution < -0.4 is 10.6 Å². The van der Waals surface area contributed by atoms with Crippen molar-refractivity contribution in [2.45, 2.75) is 19.4 Å². The highest BCUT2D eigenvalue weighted by molar-refractivity contribution is 6.05. The molecule has 3 nitrogen and oxygen atoms in total. The van der Waals surface area contributed by atoms with E-state index in [4.69, 9.17) is 5.73 Å². The minimum absolute atomic E-state index is 0.0129. The predicted octanol–water partition coefficient (Wildman–Crippen LogP) is 2.54. The first-order chi connectivity index (χ1) is 9.22. The molecule has 0 heterocycles. The minimum Gasteiger partial charge on any atom is -0.327 e. The molecule has 1 amide bonds. The third-order valence-electron chi connectivity index (χ3n) is 3.80. The van der Waals surface area contributed by atoms with Gasteiger partial charge >= 0.3 is 0 Å². The molecule has 0 radical (unpaired) electrons. The maximum atomic E-state index is 12.4. The topological polar surface area (TPSA) is 46.3 Å². The van der Waals surface area contributed by atoms with Gasteiger partial charge in [-0.25, -0.2) is 0 Å². The predicted molar refractivity (Wildman–Crippen MR) is 78.1 cm³/mol. The number of carbonyl (C=O) groups excluding carboxylic acids is 1. The second kappa shape index (κ2) is 4.67. The number of hydrogen-bond acceptors (Lipinski definition) is 2. The molecule has 2 atom stereocenters. The van der Waals surface area contributed by atoms with Gasteiger partial charge in [0.2, 0.25) is 5.91 Å². The quantitative estimate of drug-likeness (QED) is 0.915. The van der Waals surface area contributed by atoms with Crippen LogP contribution in [0.5, 0.6) is 0 Å². The molecule has 0 spiro atoms. The number of fused-ring (bicyclic) bond motifs is 1. The molecule has 3 heteroatoms. The Bertz CT molecular complexity index is 618. The fourth-order valence-electron chi connectivity index (χ4n) is 2.59.